The number of hydrogen-bond acceptors (Lipinski definition) is 4. The van der Waals surface area contributed by atoms with Crippen LogP contribution in [0.15, 0.2) is 34.0 Å². The molecule has 0 unspecified atom stereocenters. The van der Waals surface area contributed by atoms with Gasteiger partial charge in [0.05, 0.1) is 6.54 Å². The molecule has 0 radical (unpaired) electrons. The molecule has 0 atom stereocenters. The summed E-state index contributed by atoms with van der Waals surface area (Å²) in [5, 5.41) is 8.39. The van der Waals surface area contributed by atoms with Crippen LogP contribution in [0.25, 0.3) is 0 Å². The van der Waals surface area contributed by atoms with Gasteiger partial charge in [0.25, 0.3) is 0 Å². The maximum Gasteiger partial charge on any atom is 0.247 e. The number of hydrogen-bond donors (Lipinski definition) is 2. The minimum Gasteiger partial charge on any atom is -0.357 e. The minimum atomic E-state index is -3.63. The van der Waals surface area contributed by atoms with Crippen molar-refractivity contribution in [3.05, 3.63) is 29.7 Å². The number of thiophene rings is 1. The van der Waals surface area contributed by atoms with E-state index in [1.165, 1.54) is 12.5 Å². The largest absolute Gasteiger partial charge is 0.357 e. The van der Waals surface area contributed by atoms with Gasteiger partial charge in [0.2, 0.25) is 10.0 Å². The Morgan fingerprint density at radius 3 is 2.75 bits per heavy atom. The summed E-state index contributed by atoms with van der Waals surface area (Å²) < 4.78 is 22.8. The first-order chi connectivity index (χ1) is 11.4. The van der Waals surface area contributed by atoms with E-state index in [0.29, 0.717) is 6.54 Å². The number of sulfonamides is 1. The number of nitrogens with two attached hydrogens (primary N) is 1. The Kier molecular flexibility index (Phi) is 9.02. The van der Waals surface area contributed by atoms with Crippen LogP contribution < -0.4 is 10.5 Å². The van der Waals surface area contributed by atoms with E-state index in [2.05, 4.69) is 21.8 Å². The quantitative estimate of drug-likeness (QED) is 0.286. The Morgan fingerprint density at radius 1 is 1.42 bits per heavy atom. The molecule has 0 aliphatic rings. The van der Waals surface area contributed by atoms with Crippen molar-refractivity contribution in [2.45, 2.75) is 43.4 Å². The van der Waals surface area contributed by atoms with Gasteiger partial charge in [0, 0.05) is 25.0 Å². The molecular formula is C16H28N4O2S2. The molecular weight excluding hydrogens is 344 g/mol. The van der Waals surface area contributed by atoms with Gasteiger partial charge in [-0.05, 0) is 38.3 Å². The molecule has 1 rings (SSSR count). The van der Waals surface area contributed by atoms with Crippen molar-refractivity contribution in [1.29, 1.82) is 0 Å². The molecule has 136 valence electrons. The number of rotatable bonds is 10. The van der Waals surface area contributed by atoms with Crippen molar-refractivity contribution >= 4 is 27.3 Å². The zero-order valence-electron chi connectivity index (χ0n) is 14.5. The van der Waals surface area contributed by atoms with Gasteiger partial charge in [0.15, 0.2) is 5.96 Å². The Morgan fingerprint density at radius 2 is 2.17 bits per heavy atom. The molecule has 1 heterocycles. The Balaban J connectivity index is 2.60. The summed E-state index contributed by atoms with van der Waals surface area (Å²) in [6, 6.07) is 3.29. The van der Waals surface area contributed by atoms with Gasteiger partial charge in [-0.15, -0.1) is 17.9 Å². The van der Waals surface area contributed by atoms with Crippen LogP contribution in [-0.4, -0.2) is 39.4 Å². The fourth-order valence-electron chi connectivity index (χ4n) is 2.14. The number of nitrogens with one attached hydrogen (secondary N) is 1. The molecule has 0 saturated heterocycles. The van der Waals surface area contributed by atoms with Crippen molar-refractivity contribution in [3.8, 4) is 0 Å². The van der Waals surface area contributed by atoms with Gasteiger partial charge in [-0.3, -0.25) is 0 Å². The van der Waals surface area contributed by atoms with Crippen LogP contribution in [0.5, 0.6) is 0 Å². The number of allylic oxidation sites excluding steroid dienone is 1. The molecule has 0 aromatic carbocycles. The fraction of sp³-hybridized carbons (Fsp3) is 0.562. The number of unbranched alkanes of at least 4 members (excludes halogenated alkanes) is 3. The summed E-state index contributed by atoms with van der Waals surface area (Å²) in [7, 11) is -1.62. The number of nitrogens with zero attached hydrogens (tertiary/aromatic N) is 2. The molecule has 3 N–H and O–H groups in total. The first-order valence-corrected chi connectivity index (χ1v) is 10.5. The molecule has 0 aliphatic heterocycles. The van der Waals surface area contributed by atoms with E-state index < -0.39 is 10.0 Å². The maximum atomic E-state index is 11.3. The molecule has 0 amide bonds. The van der Waals surface area contributed by atoms with Crippen LogP contribution in [-0.2, 0) is 16.6 Å². The highest BCUT2D eigenvalue weighted by Crippen LogP contribution is 2.20. The number of guanidine groups is 1. The Labute approximate surface area is 149 Å². The highest BCUT2D eigenvalue weighted by molar-refractivity contribution is 7.91. The van der Waals surface area contributed by atoms with Crippen LogP contribution in [0.1, 0.15) is 37.5 Å². The molecule has 1 aromatic rings. The molecule has 6 nitrogen and oxygen atoms in total. The first-order valence-electron chi connectivity index (χ1n) is 8.10. The van der Waals surface area contributed by atoms with Crippen molar-refractivity contribution in [2.75, 3.05) is 20.1 Å². The summed E-state index contributed by atoms with van der Waals surface area (Å²) in [6.45, 7) is 7.90. The molecule has 0 bridgehead atoms. The lowest BCUT2D eigenvalue weighted by molar-refractivity contribution is 0.455. The van der Waals surface area contributed by atoms with E-state index in [1.54, 1.807) is 6.07 Å². The third-order valence-electron chi connectivity index (χ3n) is 3.40. The highest BCUT2D eigenvalue weighted by Gasteiger charge is 2.11. The third kappa shape index (κ3) is 7.46. The monoisotopic (exact) mass is 372 g/mol. The predicted octanol–water partition coefficient (Wildman–Crippen LogP) is 2.54. The van der Waals surface area contributed by atoms with Crippen molar-refractivity contribution < 1.29 is 8.42 Å². The Hall–Kier alpha value is -1.38. The van der Waals surface area contributed by atoms with Crippen LogP contribution >= 0.6 is 11.3 Å². The zero-order chi connectivity index (χ0) is 18.0. The zero-order valence-corrected chi connectivity index (χ0v) is 16.1. The summed E-state index contributed by atoms with van der Waals surface area (Å²) in [5.74, 6) is 0.826. The Bertz CT molecular complexity index is 638. The van der Waals surface area contributed by atoms with E-state index >= 15 is 0 Å². The van der Waals surface area contributed by atoms with Crippen molar-refractivity contribution in [2.24, 2.45) is 10.1 Å². The number of aliphatic imine (C=N–C) groups is 1. The van der Waals surface area contributed by atoms with Crippen LogP contribution in [0.3, 0.4) is 0 Å². The summed E-state index contributed by atoms with van der Waals surface area (Å²) in [6.07, 6.45) is 6.44. The lowest BCUT2D eigenvalue weighted by Crippen LogP contribution is -2.39. The molecule has 0 aliphatic carbocycles. The van der Waals surface area contributed by atoms with E-state index in [4.69, 9.17) is 5.14 Å². The second-order valence-corrected chi connectivity index (χ2v) is 8.45. The van der Waals surface area contributed by atoms with Crippen molar-refractivity contribution in [3.63, 3.8) is 0 Å². The average molecular weight is 373 g/mol. The van der Waals surface area contributed by atoms with Crippen LogP contribution in [0.4, 0.5) is 0 Å². The second-order valence-electron chi connectivity index (χ2n) is 5.50. The highest BCUT2D eigenvalue weighted by atomic mass is 32.2. The van der Waals surface area contributed by atoms with Gasteiger partial charge in [-0.1, -0.05) is 12.5 Å². The molecule has 0 fully saturated rings. The third-order valence-corrected chi connectivity index (χ3v) is 5.91. The normalized spacial score (nSPS) is 12.2. The second kappa shape index (κ2) is 10.5. The molecule has 0 saturated carbocycles. The molecule has 0 spiro atoms. The fourth-order valence-corrected chi connectivity index (χ4v) is 3.84. The van der Waals surface area contributed by atoms with E-state index in [1.807, 2.05) is 20.0 Å². The van der Waals surface area contributed by atoms with Crippen LogP contribution in [0.2, 0.25) is 0 Å². The first kappa shape index (κ1) is 20.7. The lowest BCUT2D eigenvalue weighted by atomic mass is 10.2. The molecule has 1 aromatic heterocycles. The van der Waals surface area contributed by atoms with Gasteiger partial charge in [-0.2, -0.15) is 0 Å². The molecule has 8 heteroatoms. The number of primary sulfonamides is 1. The minimum absolute atomic E-state index is 0.174. The van der Waals surface area contributed by atoms with Crippen molar-refractivity contribution in [1.82, 2.24) is 10.2 Å². The van der Waals surface area contributed by atoms with Gasteiger partial charge >= 0.3 is 0 Å². The average Bonchev–Trinajstić information content (AvgIpc) is 3.00. The van der Waals surface area contributed by atoms with Gasteiger partial charge in [0.1, 0.15) is 4.21 Å². The van der Waals surface area contributed by atoms with E-state index in [9.17, 15) is 8.42 Å². The summed E-state index contributed by atoms with van der Waals surface area (Å²) in [5.41, 5.74) is 0. The van der Waals surface area contributed by atoms with Gasteiger partial charge in [-0.25, -0.2) is 18.5 Å². The van der Waals surface area contributed by atoms with Crippen LogP contribution in [0, 0.1) is 0 Å². The SMILES string of the molecule is C=CCCCCCN(C)C(=NCc1ccc(S(N)(=O)=O)s1)NCC. The van der Waals surface area contributed by atoms with E-state index in [0.717, 1.165) is 54.5 Å². The smallest absolute Gasteiger partial charge is 0.247 e. The summed E-state index contributed by atoms with van der Waals surface area (Å²) in [4.78, 5) is 7.56. The summed E-state index contributed by atoms with van der Waals surface area (Å²) >= 11 is 1.16. The predicted molar refractivity (Wildman–Crippen MR) is 102 cm³/mol. The molecule has 24 heavy (non-hydrogen) atoms. The van der Waals surface area contributed by atoms with Gasteiger partial charge < -0.3 is 10.2 Å². The maximum absolute atomic E-state index is 11.3. The standard InChI is InChI=1S/C16H28N4O2S2/c1-4-6-7-8-9-12-20(3)16(18-5-2)19-13-14-10-11-15(23-14)24(17,21)22/h4,10-11H,1,5-9,12-13H2,2-3H3,(H,18,19)(H2,17,21,22). The van der Waals surface area contributed by atoms with E-state index in [-0.39, 0.29) is 4.21 Å². The lowest BCUT2D eigenvalue weighted by Gasteiger charge is -2.21. The topological polar surface area (TPSA) is 87.8 Å².